The molecule has 2 atom stereocenters. The zero-order valence-electron chi connectivity index (χ0n) is 14.3. The summed E-state index contributed by atoms with van der Waals surface area (Å²) in [5, 5.41) is 13.9. The van der Waals surface area contributed by atoms with Crippen molar-refractivity contribution in [3.05, 3.63) is 33.4 Å². The number of carbonyl (C=O) groups is 1. The number of benzene rings is 1. The standard InChI is InChI=1S/C17H25N3O3/c1-11-7-12(2)9-19(8-11)10-16(21)18-17-14(4)13(3)5-6-15(17)20(22)23/h5-6,11-12H,7-10H2,1-4H3,(H,18,21)/t11-,12+. The van der Waals surface area contributed by atoms with Gasteiger partial charge in [-0.15, -0.1) is 0 Å². The largest absolute Gasteiger partial charge is 0.319 e. The molecule has 0 unspecified atom stereocenters. The molecule has 1 aliphatic heterocycles. The van der Waals surface area contributed by atoms with E-state index in [1.165, 1.54) is 12.5 Å². The molecular formula is C17H25N3O3. The number of nitro benzene ring substituents is 1. The molecule has 0 bridgehead atoms. The molecule has 2 rings (SSSR count). The first kappa shape index (κ1) is 17.4. The van der Waals surface area contributed by atoms with Crippen molar-refractivity contribution in [2.24, 2.45) is 11.8 Å². The summed E-state index contributed by atoms with van der Waals surface area (Å²) in [5.41, 5.74) is 1.93. The van der Waals surface area contributed by atoms with Gasteiger partial charge in [0.25, 0.3) is 5.69 Å². The third-order valence-corrected chi connectivity index (χ3v) is 4.49. The fourth-order valence-electron chi connectivity index (χ4n) is 3.41. The molecule has 1 heterocycles. The van der Waals surface area contributed by atoms with Crippen LogP contribution >= 0.6 is 0 Å². The van der Waals surface area contributed by atoms with Gasteiger partial charge in [-0.05, 0) is 43.2 Å². The lowest BCUT2D eigenvalue weighted by molar-refractivity contribution is -0.384. The predicted molar refractivity (Wildman–Crippen MR) is 90.6 cm³/mol. The third kappa shape index (κ3) is 4.28. The Bertz CT molecular complexity index is 605. The van der Waals surface area contributed by atoms with E-state index in [1.54, 1.807) is 13.0 Å². The van der Waals surface area contributed by atoms with Crippen molar-refractivity contribution in [3.8, 4) is 0 Å². The van der Waals surface area contributed by atoms with E-state index in [4.69, 9.17) is 0 Å². The molecule has 1 N–H and O–H groups in total. The highest BCUT2D eigenvalue weighted by atomic mass is 16.6. The second-order valence-corrected chi connectivity index (χ2v) is 6.85. The minimum atomic E-state index is -0.451. The monoisotopic (exact) mass is 319 g/mol. The normalized spacial score (nSPS) is 21.9. The van der Waals surface area contributed by atoms with Gasteiger partial charge < -0.3 is 5.32 Å². The number of nitrogens with zero attached hydrogens (tertiary/aromatic N) is 2. The van der Waals surface area contributed by atoms with Crippen LogP contribution in [0.25, 0.3) is 0 Å². The first-order chi connectivity index (χ1) is 10.8. The van der Waals surface area contributed by atoms with Crippen molar-refractivity contribution in [3.63, 3.8) is 0 Å². The van der Waals surface area contributed by atoms with Crippen molar-refractivity contribution in [2.45, 2.75) is 34.1 Å². The van der Waals surface area contributed by atoms with E-state index in [-0.39, 0.29) is 18.1 Å². The van der Waals surface area contributed by atoms with Crippen LogP contribution in [0.15, 0.2) is 12.1 Å². The Morgan fingerprint density at radius 1 is 1.30 bits per heavy atom. The second kappa shape index (κ2) is 7.08. The molecule has 126 valence electrons. The molecule has 0 saturated carbocycles. The van der Waals surface area contributed by atoms with Crippen LogP contribution in [0.4, 0.5) is 11.4 Å². The molecule has 1 saturated heterocycles. The van der Waals surface area contributed by atoms with Crippen molar-refractivity contribution in [2.75, 3.05) is 25.0 Å². The molecule has 6 heteroatoms. The van der Waals surface area contributed by atoms with E-state index in [2.05, 4.69) is 24.1 Å². The number of nitrogens with one attached hydrogen (secondary N) is 1. The highest BCUT2D eigenvalue weighted by Crippen LogP contribution is 2.30. The Balaban J connectivity index is 2.11. The number of anilines is 1. The Hall–Kier alpha value is -1.95. The van der Waals surface area contributed by atoms with Gasteiger partial charge in [0, 0.05) is 19.2 Å². The maximum atomic E-state index is 12.4. The van der Waals surface area contributed by atoms with Gasteiger partial charge in [-0.1, -0.05) is 19.9 Å². The highest BCUT2D eigenvalue weighted by molar-refractivity contribution is 5.95. The predicted octanol–water partition coefficient (Wildman–Crippen LogP) is 3.13. The van der Waals surface area contributed by atoms with Crippen molar-refractivity contribution >= 4 is 17.3 Å². The minimum Gasteiger partial charge on any atom is -0.319 e. The molecule has 0 radical (unpaired) electrons. The van der Waals surface area contributed by atoms with E-state index < -0.39 is 4.92 Å². The van der Waals surface area contributed by atoms with Crippen LogP contribution in [0.5, 0.6) is 0 Å². The van der Waals surface area contributed by atoms with Gasteiger partial charge in [-0.2, -0.15) is 0 Å². The molecule has 1 aromatic rings. The molecule has 0 aromatic heterocycles. The molecule has 0 aliphatic carbocycles. The van der Waals surface area contributed by atoms with Gasteiger partial charge in [-0.3, -0.25) is 19.8 Å². The molecular weight excluding hydrogens is 294 g/mol. The quantitative estimate of drug-likeness (QED) is 0.683. The van der Waals surface area contributed by atoms with E-state index in [9.17, 15) is 14.9 Å². The maximum Gasteiger partial charge on any atom is 0.293 e. The summed E-state index contributed by atoms with van der Waals surface area (Å²) in [5.74, 6) is 0.950. The number of amides is 1. The van der Waals surface area contributed by atoms with E-state index in [0.717, 1.165) is 24.2 Å². The van der Waals surface area contributed by atoms with Gasteiger partial charge in [0.05, 0.1) is 11.5 Å². The number of carbonyl (C=O) groups excluding carboxylic acids is 1. The highest BCUT2D eigenvalue weighted by Gasteiger charge is 2.25. The lowest BCUT2D eigenvalue weighted by Gasteiger charge is -2.34. The van der Waals surface area contributed by atoms with Crippen LogP contribution in [0.1, 0.15) is 31.4 Å². The molecule has 1 aromatic carbocycles. The van der Waals surface area contributed by atoms with Gasteiger partial charge >= 0.3 is 0 Å². The number of nitro groups is 1. The van der Waals surface area contributed by atoms with Crippen LogP contribution in [0.3, 0.4) is 0 Å². The lowest BCUT2D eigenvalue weighted by Crippen LogP contribution is -2.42. The summed E-state index contributed by atoms with van der Waals surface area (Å²) in [6, 6.07) is 3.15. The van der Waals surface area contributed by atoms with E-state index in [0.29, 0.717) is 17.5 Å². The van der Waals surface area contributed by atoms with Crippen molar-refractivity contribution in [1.82, 2.24) is 4.90 Å². The molecule has 6 nitrogen and oxygen atoms in total. The summed E-state index contributed by atoms with van der Waals surface area (Å²) in [7, 11) is 0. The zero-order valence-corrected chi connectivity index (χ0v) is 14.3. The van der Waals surface area contributed by atoms with Crippen LogP contribution in [0.2, 0.25) is 0 Å². The van der Waals surface area contributed by atoms with Gasteiger partial charge in [0.15, 0.2) is 0 Å². The summed E-state index contributed by atoms with van der Waals surface area (Å²) in [6.07, 6.45) is 1.18. The molecule has 1 aliphatic rings. The molecule has 0 spiro atoms. The minimum absolute atomic E-state index is 0.0539. The number of hydrogen-bond donors (Lipinski definition) is 1. The Morgan fingerprint density at radius 3 is 2.48 bits per heavy atom. The second-order valence-electron chi connectivity index (χ2n) is 6.85. The summed E-state index contributed by atoms with van der Waals surface area (Å²) in [6.45, 7) is 10.1. The molecule has 23 heavy (non-hydrogen) atoms. The smallest absolute Gasteiger partial charge is 0.293 e. The Morgan fingerprint density at radius 2 is 1.91 bits per heavy atom. The average Bonchev–Trinajstić information content (AvgIpc) is 2.42. The van der Waals surface area contributed by atoms with Crippen LogP contribution in [-0.4, -0.2) is 35.4 Å². The SMILES string of the molecule is Cc1ccc([N+](=O)[O-])c(NC(=O)CN2C[C@H](C)C[C@H](C)C2)c1C. The number of rotatable bonds is 4. The Labute approximate surface area is 137 Å². The Kier molecular flexibility index (Phi) is 5.36. The third-order valence-electron chi connectivity index (χ3n) is 4.49. The first-order valence-corrected chi connectivity index (χ1v) is 8.04. The fourth-order valence-corrected chi connectivity index (χ4v) is 3.41. The van der Waals surface area contributed by atoms with Crippen molar-refractivity contribution < 1.29 is 9.72 Å². The fraction of sp³-hybridized carbons (Fsp3) is 0.588. The van der Waals surface area contributed by atoms with E-state index in [1.807, 2.05) is 6.92 Å². The van der Waals surface area contributed by atoms with Gasteiger partial charge in [-0.25, -0.2) is 0 Å². The zero-order chi connectivity index (χ0) is 17.1. The van der Waals surface area contributed by atoms with Gasteiger partial charge in [0.1, 0.15) is 5.69 Å². The number of likely N-dealkylation sites (tertiary alicyclic amines) is 1. The molecule has 1 fully saturated rings. The van der Waals surface area contributed by atoms with Crippen LogP contribution in [-0.2, 0) is 4.79 Å². The lowest BCUT2D eigenvalue weighted by atomic mass is 9.92. The first-order valence-electron chi connectivity index (χ1n) is 8.04. The van der Waals surface area contributed by atoms with Crippen molar-refractivity contribution in [1.29, 1.82) is 0 Å². The average molecular weight is 319 g/mol. The topological polar surface area (TPSA) is 75.5 Å². The van der Waals surface area contributed by atoms with Crippen LogP contribution in [0, 0.1) is 35.8 Å². The summed E-state index contributed by atoms with van der Waals surface area (Å²) in [4.78, 5) is 25.2. The number of aryl methyl sites for hydroxylation is 1. The van der Waals surface area contributed by atoms with Gasteiger partial charge in [0.2, 0.25) is 5.91 Å². The van der Waals surface area contributed by atoms with Crippen LogP contribution < -0.4 is 5.32 Å². The summed E-state index contributed by atoms with van der Waals surface area (Å²) < 4.78 is 0. The number of hydrogen-bond acceptors (Lipinski definition) is 4. The van der Waals surface area contributed by atoms with E-state index >= 15 is 0 Å². The molecule has 1 amide bonds. The number of piperidine rings is 1. The maximum absolute atomic E-state index is 12.4. The summed E-state index contributed by atoms with van der Waals surface area (Å²) >= 11 is 0.